The van der Waals surface area contributed by atoms with Gasteiger partial charge in [-0.3, -0.25) is 0 Å². The molecule has 0 aliphatic rings. The number of rotatable bonds is 8. The van der Waals surface area contributed by atoms with E-state index < -0.39 is 0 Å². The number of unbranched alkanes of at least 4 members (excludes halogenated alkanes) is 7. The molecule has 0 rings (SSSR count). The predicted molar refractivity (Wildman–Crippen MR) is 54.7 cm³/mol. The summed E-state index contributed by atoms with van der Waals surface area (Å²) in [6, 6.07) is 0. The average Bonchev–Trinajstić information content (AvgIpc) is 2.03. The van der Waals surface area contributed by atoms with E-state index >= 15 is 0 Å². The zero-order valence-electron chi connectivity index (χ0n) is 8.52. The Kier molecular flexibility index (Phi) is 16.3. The lowest BCUT2D eigenvalue weighted by Crippen LogP contribution is -1.83. The van der Waals surface area contributed by atoms with Crippen molar-refractivity contribution in [1.82, 2.24) is 6.15 Å². The first-order valence-corrected chi connectivity index (χ1v) is 5.02. The summed E-state index contributed by atoms with van der Waals surface area (Å²) in [6.07, 6.45) is 10.4. The largest absolute Gasteiger partial charge is 0.396 e. The minimum Gasteiger partial charge on any atom is -0.396 e. The maximum Gasteiger partial charge on any atom is 0.0431 e. The highest BCUT2D eigenvalue weighted by Gasteiger charge is 1.89. The van der Waals surface area contributed by atoms with E-state index in [2.05, 4.69) is 6.92 Å². The van der Waals surface area contributed by atoms with Crippen LogP contribution in [0.15, 0.2) is 0 Å². The van der Waals surface area contributed by atoms with Crippen molar-refractivity contribution in [2.45, 2.75) is 58.3 Å². The summed E-state index contributed by atoms with van der Waals surface area (Å²) in [7, 11) is 0. The first-order valence-electron chi connectivity index (χ1n) is 5.02. The summed E-state index contributed by atoms with van der Waals surface area (Å²) in [6.45, 7) is 2.61. The molecule has 0 unspecified atom stereocenters. The van der Waals surface area contributed by atoms with Gasteiger partial charge >= 0.3 is 0 Å². The lowest BCUT2D eigenvalue weighted by atomic mass is 10.1. The van der Waals surface area contributed by atoms with Crippen LogP contribution in [-0.2, 0) is 0 Å². The van der Waals surface area contributed by atoms with Crippen molar-refractivity contribution in [2.24, 2.45) is 0 Å². The highest BCUT2D eigenvalue weighted by Crippen LogP contribution is 2.07. The topological polar surface area (TPSA) is 55.2 Å². The highest BCUT2D eigenvalue weighted by molar-refractivity contribution is 4.44. The Morgan fingerprint density at radius 2 is 1.17 bits per heavy atom. The smallest absolute Gasteiger partial charge is 0.0431 e. The zero-order valence-corrected chi connectivity index (χ0v) is 8.52. The molecule has 0 heterocycles. The molecular formula is C10H25NO. The van der Waals surface area contributed by atoms with Gasteiger partial charge in [0, 0.05) is 6.61 Å². The van der Waals surface area contributed by atoms with Crippen molar-refractivity contribution in [3.8, 4) is 0 Å². The minimum atomic E-state index is 0. The van der Waals surface area contributed by atoms with Crippen molar-refractivity contribution in [1.29, 1.82) is 0 Å². The Labute approximate surface area is 77.0 Å². The fraction of sp³-hybridized carbons (Fsp3) is 1.00. The fourth-order valence-electron chi connectivity index (χ4n) is 1.25. The van der Waals surface area contributed by atoms with Crippen LogP contribution in [0.2, 0.25) is 0 Å². The second-order valence-corrected chi connectivity index (χ2v) is 3.20. The van der Waals surface area contributed by atoms with E-state index in [1.165, 1.54) is 44.9 Å². The van der Waals surface area contributed by atoms with Crippen LogP contribution in [-0.4, -0.2) is 11.7 Å². The average molecular weight is 175 g/mol. The molecular weight excluding hydrogens is 150 g/mol. The van der Waals surface area contributed by atoms with E-state index in [0.717, 1.165) is 6.42 Å². The van der Waals surface area contributed by atoms with Gasteiger partial charge in [-0.05, 0) is 6.42 Å². The fourth-order valence-corrected chi connectivity index (χ4v) is 1.25. The molecule has 2 nitrogen and oxygen atoms in total. The van der Waals surface area contributed by atoms with Crippen molar-refractivity contribution < 1.29 is 5.11 Å². The molecule has 0 aromatic carbocycles. The summed E-state index contributed by atoms with van der Waals surface area (Å²) in [5.41, 5.74) is 0. The van der Waals surface area contributed by atoms with Gasteiger partial charge in [-0.1, -0.05) is 51.9 Å². The SMILES string of the molecule is CCCCCCCCCCO.N. The Hall–Kier alpha value is -0.0800. The molecule has 4 N–H and O–H groups in total. The lowest BCUT2D eigenvalue weighted by Gasteiger charge is -1.98. The second-order valence-electron chi connectivity index (χ2n) is 3.20. The molecule has 0 spiro atoms. The predicted octanol–water partition coefficient (Wildman–Crippen LogP) is 3.28. The maximum atomic E-state index is 8.51. The molecule has 0 saturated carbocycles. The standard InChI is InChI=1S/C10H22O.H3N/c1-2-3-4-5-6-7-8-9-10-11;/h11H,2-10H2,1H3;1H3. The third-order valence-corrected chi connectivity index (χ3v) is 2.01. The van der Waals surface area contributed by atoms with Crippen LogP contribution in [0.4, 0.5) is 0 Å². The summed E-state index contributed by atoms with van der Waals surface area (Å²) >= 11 is 0. The molecule has 12 heavy (non-hydrogen) atoms. The third-order valence-electron chi connectivity index (χ3n) is 2.01. The molecule has 0 aliphatic heterocycles. The molecule has 0 atom stereocenters. The Balaban J connectivity index is 0. The van der Waals surface area contributed by atoms with Gasteiger partial charge in [0.25, 0.3) is 0 Å². The van der Waals surface area contributed by atoms with Crippen LogP contribution in [0.25, 0.3) is 0 Å². The summed E-state index contributed by atoms with van der Waals surface area (Å²) in [5.74, 6) is 0. The molecule has 0 aromatic rings. The van der Waals surface area contributed by atoms with Crippen LogP contribution in [0.3, 0.4) is 0 Å². The van der Waals surface area contributed by atoms with Gasteiger partial charge in [0.15, 0.2) is 0 Å². The van der Waals surface area contributed by atoms with Gasteiger partial charge in [-0.25, -0.2) is 0 Å². The van der Waals surface area contributed by atoms with Crippen LogP contribution < -0.4 is 6.15 Å². The van der Waals surface area contributed by atoms with Crippen molar-refractivity contribution in [2.75, 3.05) is 6.61 Å². The van der Waals surface area contributed by atoms with Gasteiger partial charge in [-0.2, -0.15) is 0 Å². The maximum absolute atomic E-state index is 8.51. The highest BCUT2D eigenvalue weighted by atomic mass is 16.2. The molecule has 0 amide bonds. The Morgan fingerprint density at radius 1 is 0.750 bits per heavy atom. The van der Waals surface area contributed by atoms with Crippen LogP contribution in [0, 0.1) is 0 Å². The van der Waals surface area contributed by atoms with Crippen molar-refractivity contribution in [3.05, 3.63) is 0 Å². The third kappa shape index (κ3) is 12.6. The van der Waals surface area contributed by atoms with Crippen LogP contribution in [0.5, 0.6) is 0 Å². The first kappa shape index (κ1) is 14.4. The molecule has 76 valence electrons. The van der Waals surface area contributed by atoms with E-state index in [0.29, 0.717) is 6.61 Å². The van der Waals surface area contributed by atoms with Crippen LogP contribution in [0.1, 0.15) is 58.3 Å². The number of hydrogen-bond donors (Lipinski definition) is 2. The van der Waals surface area contributed by atoms with Gasteiger partial charge in [-0.15, -0.1) is 0 Å². The lowest BCUT2D eigenvalue weighted by molar-refractivity contribution is 0.282. The van der Waals surface area contributed by atoms with Gasteiger partial charge in [0.05, 0.1) is 0 Å². The molecule has 0 aliphatic carbocycles. The molecule has 0 saturated heterocycles. The molecule has 0 fully saturated rings. The van der Waals surface area contributed by atoms with Gasteiger partial charge in [0.1, 0.15) is 0 Å². The van der Waals surface area contributed by atoms with E-state index in [-0.39, 0.29) is 6.15 Å². The van der Waals surface area contributed by atoms with Crippen molar-refractivity contribution in [3.63, 3.8) is 0 Å². The van der Waals surface area contributed by atoms with Crippen LogP contribution >= 0.6 is 0 Å². The second kappa shape index (κ2) is 13.5. The molecule has 0 radical (unpaired) electrons. The van der Waals surface area contributed by atoms with Gasteiger partial charge in [0.2, 0.25) is 0 Å². The van der Waals surface area contributed by atoms with E-state index in [9.17, 15) is 0 Å². The Morgan fingerprint density at radius 3 is 1.58 bits per heavy atom. The summed E-state index contributed by atoms with van der Waals surface area (Å²) < 4.78 is 0. The minimum absolute atomic E-state index is 0. The normalized spacial score (nSPS) is 9.50. The number of aliphatic hydroxyl groups is 1. The molecule has 0 aromatic heterocycles. The number of aliphatic hydroxyl groups excluding tert-OH is 1. The van der Waals surface area contributed by atoms with Gasteiger partial charge < -0.3 is 11.3 Å². The Bertz CT molecular complexity index is 58.9. The molecule has 0 bridgehead atoms. The van der Waals surface area contributed by atoms with E-state index in [4.69, 9.17) is 5.11 Å². The first-order chi connectivity index (χ1) is 5.41. The summed E-state index contributed by atoms with van der Waals surface area (Å²) in [5, 5.41) is 8.51. The van der Waals surface area contributed by atoms with E-state index in [1.54, 1.807) is 0 Å². The molecule has 2 heteroatoms. The number of hydrogen-bond acceptors (Lipinski definition) is 2. The summed E-state index contributed by atoms with van der Waals surface area (Å²) in [4.78, 5) is 0. The van der Waals surface area contributed by atoms with Crippen molar-refractivity contribution >= 4 is 0 Å². The zero-order chi connectivity index (χ0) is 8.36. The quantitative estimate of drug-likeness (QED) is 0.556. The van der Waals surface area contributed by atoms with E-state index in [1.807, 2.05) is 0 Å². The monoisotopic (exact) mass is 175 g/mol.